The van der Waals surface area contributed by atoms with Crippen molar-refractivity contribution in [2.45, 2.75) is 32.6 Å². The van der Waals surface area contributed by atoms with Gasteiger partial charge in [0, 0.05) is 0 Å². The number of thioether (sulfide) groups is 1. The maximum atomic E-state index is 4.41. The van der Waals surface area contributed by atoms with Crippen molar-refractivity contribution in [1.82, 2.24) is 0 Å². The Morgan fingerprint density at radius 3 is 2.33 bits per heavy atom. The molecule has 2 heteroatoms. The highest BCUT2D eigenvalue weighted by Gasteiger charge is 2.26. The van der Waals surface area contributed by atoms with Crippen LogP contribution < -0.4 is 0 Å². The molecule has 0 heterocycles. The number of aliphatic imine (C=N–C) groups is 1. The molecule has 0 amide bonds. The Balaban J connectivity index is 2.33. The van der Waals surface area contributed by atoms with Crippen LogP contribution in [0.3, 0.4) is 0 Å². The molecule has 0 bridgehead atoms. The molecule has 1 nitrogen and oxygen atoms in total. The lowest BCUT2D eigenvalue weighted by Crippen LogP contribution is -1.90. The smallest absolute Gasteiger partial charge is 0.0641 e. The van der Waals surface area contributed by atoms with E-state index in [1.54, 1.807) is 17.3 Å². The lowest BCUT2D eigenvalue weighted by molar-refractivity contribution is 1.07. The molecule has 0 aromatic heterocycles. The van der Waals surface area contributed by atoms with Crippen molar-refractivity contribution in [2.75, 3.05) is 6.26 Å². The summed E-state index contributed by atoms with van der Waals surface area (Å²) in [7, 11) is 0. The minimum atomic E-state index is 0.837. The van der Waals surface area contributed by atoms with Crippen LogP contribution in [0.2, 0.25) is 0 Å². The van der Waals surface area contributed by atoms with Crippen LogP contribution >= 0.6 is 11.8 Å². The van der Waals surface area contributed by atoms with Crippen molar-refractivity contribution < 1.29 is 0 Å². The summed E-state index contributed by atoms with van der Waals surface area (Å²) in [6.45, 7) is 4.41. The minimum Gasteiger partial charge on any atom is -0.250 e. The van der Waals surface area contributed by atoms with Crippen molar-refractivity contribution >= 4 is 23.0 Å². The maximum absolute atomic E-state index is 4.41. The summed E-state index contributed by atoms with van der Waals surface area (Å²) in [4.78, 5) is 4.41. The number of rotatable bonds is 3. The molecule has 0 spiro atoms. The van der Waals surface area contributed by atoms with E-state index in [0.29, 0.717) is 0 Å². The normalized spacial score (nSPS) is 16.2. The van der Waals surface area contributed by atoms with Gasteiger partial charge in [-0.1, -0.05) is 0 Å². The molecule has 1 saturated carbocycles. The van der Waals surface area contributed by atoms with Gasteiger partial charge in [0.2, 0.25) is 0 Å². The van der Waals surface area contributed by atoms with E-state index in [4.69, 9.17) is 0 Å². The van der Waals surface area contributed by atoms with Crippen LogP contribution in [0, 0.1) is 13.8 Å². The highest BCUT2D eigenvalue weighted by atomic mass is 32.2. The highest BCUT2D eigenvalue weighted by molar-refractivity contribution is 8.11. The van der Waals surface area contributed by atoms with Gasteiger partial charge < -0.3 is 0 Å². The Morgan fingerprint density at radius 1 is 1.27 bits per heavy atom. The van der Waals surface area contributed by atoms with Crippen LogP contribution in [-0.2, 0) is 0 Å². The largest absolute Gasteiger partial charge is 0.250 e. The highest BCUT2D eigenvalue weighted by Crippen LogP contribution is 2.44. The summed E-state index contributed by atoms with van der Waals surface area (Å²) >= 11 is 1.64. The average molecular weight is 219 g/mol. The Kier molecular flexibility index (Phi) is 3.15. The maximum Gasteiger partial charge on any atom is 0.0641 e. The first-order chi connectivity index (χ1) is 7.22. The third-order valence-corrected chi connectivity index (χ3v) is 3.19. The molecule has 0 saturated heterocycles. The Bertz CT molecular complexity index is 369. The van der Waals surface area contributed by atoms with Gasteiger partial charge in [-0.3, -0.25) is 4.99 Å². The van der Waals surface area contributed by atoms with E-state index in [1.807, 2.05) is 11.8 Å². The molecule has 0 aliphatic heterocycles. The second kappa shape index (κ2) is 4.40. The fourth-order valence-corrected chi connectivity index (χ4v) is 2.38. The number of nitrogens with zero attached hydrogens (tertiary/aromatic N) is 1. The summed E-state index contributed by atoms with van der Waals surface area (Å²) < 4.78 is 0. The summed E-state index contributed by atoms with van der Waals surface area (Å²) in [6, 6.07) is 4.40. The molecular formula is C13H17NS. The van der Waals surface area contributed by atoms with Gasteiger partial charge in [-0.2, -0.15) is 0 Å². The lowest BCUT2D eigenvalue weighted by atomic mass is 9.98. The van der Waals surface area contributed by atoms with Gasteiger partial charge in [-0.25, -0.2) is 0 Å². The van der Waals surface area contributed by atoms with Gasteiger partial charge in [0.15, 0.2) is 0 Å². The van der Waals surface area contributed by atoms with Gasteiger partial charge in [0.05, 0.1) is 11.2 Å². The Hall–Kier alpha value is -0.760. The molecule has 80 valence electrons. The first-order valence-electron chi connectivity index (χ1n) is 5.39. The zero-order chi connectivity index (χ0) is 10.8. The summed E-state index contributed by atoms with van der Waals surface area (Å²) in [5.74, 6) is 0.837. The van der Waals surface area contributed by atoms with E-state index < -0.39 is 0 Å². The molecule has 1 aliphatic carbocycles. The van der Waals surface area contributed by atoms with E-state index in [9.17, 15) is 0 Å². The summed E-state index contributed by atoms with van der Waals surface area (Å²) in [5, 5.41) is 0. The second-order valence-electron chi connectivity index (χ2n) is 4.24. The predicted octanol–water partition coefficient (Wildman–Crippen LogP) is 4.20. The van der Waals surface area contributed by atoms with Crippen LogP contribution in [0.5, 0.6) is 0 Å². The number of hydrogen-bond acceptors (Lipinski definition) is 2. The van der Waals surface area contributed by atoms with E-state index in [0.717, 1.165) is 11.6 Å². The molecule has 0 atom stereocenters. The number of aryl methyl sites for hydroxylation is 2. The predicted molar refractivity (Wildman–Crippen MR) is 69.6 cm³/mol. The Morgan fingerprint density at radius 2 is 1.87 bits per heavy atom. The third-order valence-electron chi connectivity index (χ3n) is 2.87. The van der Waals surface area contributed by atoms with E-state index in [1.165, 1.54) is 24.0 Å². The van der Waals surface area contributed by atoms with Gasteiger partial charge >= 0.3 is 0 Å². The standard InChI is InChI=1S/C13H17NS/c1-9-6-12(14-8-15-3)7-10(2)13(9)11-4-5-11/h6-8,11H,4-5H2,1-3H3. The molecule has 15 heavy (non-hydrogen) atoms. The van der Waals surface area contributed by atoms with E-state index >= 15 is 0 Å². The first kappa shape index (κ1) is 10.7. The van der Waals surface area contributed by atoms with Crippen LogP contribution in [0.1, 0.15) is 35.4 Å². The van der Waals surface area contributed by atoms with Crippen molar-refractivity contribution in [2.24, 2.45) is 4.99 Å². The third kappa shape index (κ3) is 2.43. The molecule has 1 aromatic carbocycles. The molecule has 0 radical (unpaired) electrons. The van der Waals surface area contributed by atoms with Crippen molar-refractivity contribution in [3.8, 4) is 0 Å². The van der Waals surface area contributed by atoms with E-state index in [-0.39, 0.29) is 0 Å². The SMILES string of the molecule is CSC=Nc1cc(C)c(C2CC2)c(C)c1. The second-order valence-corrected chi connectivity index (χ2v) is 4.92. The van der Waals surface area contributed by atoms with E-state index in [2.05, 4.69) is 31.0 Å². The number of hydrogen-bond donors (Lipinski definition) is 0. The van der Waals surface area contributed by atoms with Crippen molar-refractivity contribution in [3.05, 3.63) is 28.8 Å². The fourth-order valence-electron chi connectivity index (χ4n) is 2.16. The monoisotopic (exact) mass is 219 g/mol. The van der Waals surface area contributed by atoms with Crippen LogP contribution in [0.25, 0.3) is 0 Å². The molecule has 1 aromatic rings. The van der Waals surface area contributed by atoms with Crippen molar-refractivity contribution in [1.29, 1.82) is 0 Å². The molecular weight excluding hydrogens is 202 g/mol. The topological polar surface area (TPSA) is 12.4 Å². The first-order valence-corrected chi connectivity index (χ1v) is 6.67. The zero-order valence-corrected chi connectivity index (χ0v) is 10.4. The van der Waals surface area contributed by atoms with Crippen molar-refractivity contribution in [3.63, 3.8) is 0 Å². The zero-order valence-electron chi connectivity index (χ0n) is 9.58. The summed E-state index contributed by atoms with van der Waals surface area (Å²) in [5.41, 5.74) is 7.36. The van der Waals surface area contributed by atoms with Crippen LogP contribution in [0.15, 0.2) is 17.1 Å². The lowest BCUT2D eigenvalue weighted by Gasteiger charge is -2.09. The fraction of sp³-hybridized carbons (Fsp3) is 0.462. The van der Waals surface area contributed by atoms with Gasteiger partial charge in [0.1, 0.15) is 0 Å². The quantitative estimate of drug-likeness (QED) is 0.548. The van der Waals surface area contributed by atoms with Gasteiger partial charge in [-0.15, -0.1) is 11.8 Å². The van der Waals surface area contributed by atoms with Crippen LogP contribution in [-0.4, -0.2) is 11.8 Å². The van der Waals surface area contributed by atoms with Gasteiger partial charge in [0.25, 0.3) is 0 Å². The molecule has 0 N–H and O–H groups in total. The molecule has 0 unspecified atom stereocenters. The van der Waals surface area contributed by atoms with Gasteiger partial charge in [-0.05, 0) is 67.7 Å². The molecule has 2 rings (SSSR count). The number of benzene rings is 1. The molecule has 1 aliphatic rings. The summed E-state index contributed by atoms with van der Waals surface area (Å²) in [6.07, 6.45) is 4.77. The average Bonchev–Trinajstić information content (AvgIpc) is 2.97. The molecule has 1 fully saturated rings. The minimum absolute atomic E-state index is 0.837. The Labute approximate surface area is 96.0 Å². The van der Waals surface area contributed by atoms with Crippen LogP contribution in [0.4, 0.5) is 5.69 Å².